The van der Waals surface area contributed by atoms with Gasteiger partial charge in [-0.3, -0.25) is 4.79 Å². The van der Waals surface area contributed by atoms with E-state index >= 15 is 0 Å². The van der Waals surface area contributed by atoms with Crippen molar-refractivity contribution in [1.82, 2.24) is 0 Å². The molecule has 2 aromatic rings. The van der Waals surface area contributed by atoms with Gasteiger partial charge >= 0.3 is 5.97 Å². The molecule has 0 atom stereocenters. The molecule has 1 aliphatic heterocycles. The quantitative estimate of drug-likeness (QED) is 0.790. The fourth-order valence-electron chi connectivity index (χ4n) is 3.68. The summed E-state index contributed by atoms with van der Waals surface area (Å²) < 4.78 is 5.23. The summed E-state index contributed by atoms with van der Waals surface area (Å²) in [6.07, 6.45) is 0.882. The number of benzene rings is 2. The topological polar surface area (TPSA) is 32.8 Å². The molecule has 1 aliphatic rings. The highest BCUT2D eigenvalue weighted by Crippen LogP contribution is 2.45. The lowest BCUT2D eigenvalue weighted by Crippen LogP contribution is -2.32. The molecule has 0 amide bonds. The monoisotopic (exact) mass is 338 g/mol. The number of anilines is 3. The van der Waals surface area contributed by atoms with Gasteiger partial charge in [0.1, 0.15) is 6.54 Å². The highest BCUT2D eigenvalue weighted by atomic mass is 16.5. The molecular formula is C21H26N2O2. The van der Waals surface area contributed by atoms with Crippen LogP contribution in [-0.4, -0.2) is 33.2 Å². The zero-order valence-electron chi connectivity index (χ0n) is 15.7. The van der Waals surface area contributed by atoms with Gasteiger partial charge in [0.2, 0.25) is 0 Å². The number of rotatable bonds is 4. The Morgan fingerprint density at radius 3 is 2.60 bits per heavy atom. The lowest BCUT2D eigenvalue weighted by atomic mass is 9.92. The second-order valence-corrected chi connectivity index (χ2v) is 6.83. The summed E-state index contributed by atoms with van der Waals surface area (Å²) in [5.74, 6) is -0.201. The minimum Gasteiger partial charge on any atom is -0.465 e. The van der Waals surface area contributed by atoms with Gasteiger partial charge in [0.05, 0.1) is 18.0 Å². The summed E-state index contributed by atoms with van der Waals surface area (Å²) in [6, 6.07) is 10.8. The van der Waals surface area contributed by atoms with Crippen LogP contribution in [0.1, 0.15) is 29.2 Å². The summed E-state index contributed by atoms with van der Waals surface area (Å²) >= 11 is 0. The number of nitrogens with zero attached hydrogens (tertiary/aromatic N) is 2. The van der Waals surface area contributed by atoms with Crippen molar-refractivity contribution in [3.63, 3.8) is 0 Å². The molecule has 0 saturated heterocycles. The van der Waals surface area contributed by atoms with Gasteiger partial charge in [-0.05, 0) is 43.5 Å². The van der Waals surface area contributed by atoms with E-state index in [4.69, 9.17) is 4.74 Å². The minimum absolute atomic E-state index is 0.201. The standard InChI is InChI=1S/C21H26N2O2/c1-6-25-19(24)13-23-18-10-7-14(2)11-17(18)12-16-9-8-15(3)20(21(16)23)22(4)5/h7-11H,6,12-13H2,1-5H3. The van der Waals surface area contributed by atoms with Crippen LogP contribution in [0.25, 0.3) is 0 Å². The molecule has 0 radical (unpaired) electrons. The molecule has 0 N–H and O–H groups in total. The Morgan fingerprint density at radius 2 is 1.92 bits per heavy atom. The number of esters is 1. The highest BCUT2D eigenvalue weighted by Gasteiger charge is 2.28. The van der Waals surface area contributed by atoms with E-state index in [9.17, 15) is 4.79 Å². The third kappa shape index (κ3) is 3.21. The first kappa shape index (κ1) is 17.3. The van der Waals surface area contributed by atoms with Crippen molar-refractivity contribution >= 4 is 23.0 Å². The van der Waals surface area contributed by atoms with Crippen molar-refractivity contribution in [2.24, 2.45) is 0 Å². The zero-order valence-corrected chi connectivity index (χ0v) is 15.7. The van der Waals surface area contributed by atoms with Gasteiger partial charge in [-0.25, -0.2) is 0 Å². The van der Waals surface area contributed by atoms with Gasteiger partial charge in [-0.1, -0.05) is 29.8 Å². The second kappa shape index (κ2) is 6.79. The SMILES string of the molecule is CCOC(=O)CN1c2ccc(C)cc2Cc2ccc(C)c(N(C)C)c21. The molecule has 0 saturated carbocycles. The summed E-state index contributed by atoms with van der Waals surface area (Å²) in [7, 11) is 4.10. The number of fused-ring (bicyclic) bond motifs is 2. The smallest absolute Gasteiger partial charge is 0.325 e. The van der Waals surface area contributed by atoms with Crippen molar-refractivity contribution in [3.05, 3.63) is 52.6 Å². The highest BCUT2D eigenvalue weighted by molar-refractivity contribution is 5.90. The number of aryl methyl sites for hydroxylation is 2. The van der Waals surface area contributed by atoms with Crippen molar-refractivity contribution < 1.29 is 9.53 Å². The van der Waals surface area contributed by atoms with Gasteiger partial charge in [0, 0.05) is 26.2 Å². The Labute approximate surface area is 150 Å². The van der Waals surface area contributed by atoms with Crippen molar-refractivity contribution in [2.45, 2.75) is 27.2 Å². The predicted octanol–water partition coefficient (Wildman–Crippen LogP) is 3.97. The normalized spacial score (nSPS) is 12.4. The first-order valence-electron chi connectivity index (χ1n) is 8.74. The third-order valence-electron chi connectivity index (χ3n) is 4.65. The van der Waals surface area contributed by atoms with Gasteiger partial charge in [0.15, 0.2) is 0 Å². The van der Waals surface area contributed by atoms with Crippen LogP contribution in [0.5, 0.6) is 0 Å². The molecule has 2 aromatic carbocycles. The summed E-state index contributed by atoms with van der Waals surface area (Å²) in [5, 5.41) is 0. The molecule has 132 valence electrons. The van der Waals surface area contributed by atoms with E-state index < -0.39 is 0 Å². The Balaban J connectivity index is 2.18. The third-order valence-corrected chi connectivity index (χ3v) is 4.65. The number of carbonyl (C=O) groups excluding carboxylic acids is 1. The van der Waals surface area contributed by atoms with Crippen molar-refractivity contribution in [3.8, 4) is 0 Å². The van der Waals surface area contributed by atoms with E-state index in [-0.39, 0.29) is 12.5 Å². The van der Waals surface area contributed by atoms with E-state index in [0.717, 1.165) is 23.5 Å². The molecule has 0 spiro atoms. The largest absolute Gasteiger partial charge is 0.465 e. The van der Waals surface area contributed by atoms with E-state index in [1.54, 1.807) is 0 Å². The maximum absolute atomic E-state index is 12.3. The van der Waals surface area contributed by atoms with Crippen LogP contribution in [0, 0.1) is 13.8 Å². The Hall–Kier alpha value is -2.49. The van der Waals surface area contributed by atoms with Crippen LogP contribution in [0.3, 0.4) is 0 Å². The first-order valence-corrected chi connectivity index (χ1v) is 8.74. The van der Waals surface area contributed by atoms with Crippen LogP contribution in [0.4, 0.5) is 17.1 Å². The number of ether oxygens (including phenoxy) is 1. The molecule has 25 heavy (non-hydrogen) atoms. The van der Waals surface area contributed by atoms with E-state index in [2.05, 4.69) is 68.1 Å². The van der Waals surface area contributed by atoms with Crippen LogP contribution in [0.2, 0.25) is 0 Å². The fourth-order valence-corrected chi connectivity index (χ4v) is 3.68. The van der Waals surface area contributed by atoms with Crippen LogP contribution in [0.15, 0.2) is 30.3 Å². The van der Waals surface area contributed by atoms with E-state index in [0.29, 0.717) is 6.61 Å². The molecule has 0 aromatic heterocycles. The molecule has 0 fully saturated rings. The Bertz CT molecular complexity index is 812. The molecule has 0 aliphatic carbocycles. The fraction of sp³-hybridized carbons (Fsp3) is 0.381. The lowest BCUT2D eigenvalue weighted by Gasteiger charge is -2.36. The van der Waals surface area contributed by atoms with Gasteiger partial charge in [-0.2, -0.15) is 0 Å². The zero-order chi connectivity index (χ0) is 18.1. The maximum Gasteiger partial charge on any atom is 0.325 e. The molecular weight excluding hydrogens is 312 g/mol. The molecule has 4 nitrogen and oxygen atoms in total. The van der Waals surface area contributed by atoms with Crippen molar-refractivity contribution in [2.75, 3.05) is 37.0 Å². The predicted molar refractivity (Wildman–Crippen MR) is 103 cm³/mol. The van der Waals surface area contributed by atoms with Crippen molar-refractivity contribution in [1.29, 1.82) is 0 Å². The molecule has 3 rings (SSSR count). The molecule has 0 bridgehead atoms. The number of hydrogen-bond acceptors (Lipinski definition) is 4. The Morgan fingerprint density at radius 1 is 1.16 bits per heavy atom. The maximum atomic E-state index is 12.3. The van der Waals surface area contributed by atoms with Crippen LogP contribution >= 0.6 is 0 Å². The summed E-state index contributed by atoms with van der Waals surface area (Å²) in [4.78, 5) is 16.5. The lowest BCUT2D eigenvalue weighted by molar-refractivity contribution is -0.141. The molecule has 0 unspecified atom stereocenters. The number of hydrogen-bond donors (Lipinski definition) is 0. The van der Waals surface area contributed by atoms with E-state index in [1.807, 2.05) is 6.92 Å². The molecule has 4 heteroatoms. The minimum atomic E-state index is -0.201. The Kier molecular flexibility index (Phi) is 4.71. The second-order valence-electron chi connectivity index (χ2n) is 6.83. The van der Waals surface area contributed by atoms with Crippen LogP contribution < -0.4 is 9.80 Å². The van der Waals surface area contributed by atoms with E-state index in [1.165, 1.54) is 22.3 Å². The van der Waals surface area contributed by atoms with Gasteiger partial charge in [0.25, 0.3) is 0 Å². The average Bonchev–Trinajstić information content (AvgIpc) is 2.54. The number of carbonyl (C=O) groups is 1. The summed E-state index contributed by atoms with van der Waals surface area (Å²) in [6.45, 7) is 6.68. The first-order chi connectivity index (χ1) is 11.9. The summed E-state index contributed by atoms with van der Waals surface area (Å²) in [5.41, 5.74) is 8.32. The average molecular weight is 338 g/mol. The van der Waals surface area contributed by atoms with Gasteiger partial charge in [-0.15, -0.1) is 0 Å². The van der Waals surface area contributed by atoms with Gasteiger partial charge < -0.3 is 14.5 Å². The van der Waals surface area contributed by atoms with Crippen LogP contribution in [-0.2, 0) is 16.0 Å². The molecule has 1 heterocycles.